The largest absolute Gasteiger partial charge is 0.469 e. The number of allylic oxidation sites excluding steroid dienone is 1. The van der Waals surface area contributed by atoms with Gasteiger partial charge in [0.25, 0.3) is 5.56 Å². The highest BCUT2D eigenvalue weighted by Gasteiger charge is 2.18. The molecule has 5 nitrogen and oxygen atoms in total. The molecule has 1 aromatic carbocycles. The zero-order valence-electron chi connectivity index (χ0n) is 15.2. The van der Waals surface area contributed by atoms with E-state index in [0.717, 1.165) is 20.8 Å². The number of thiophene rings is 1. The van der Waals surface area contributed by atoms with Gasteiger partial charge < -0.3 is 4.74 Å². The first-order chi connectivity index (χ1) is 13.1. The van der Waals surface area contributed by atoms with Crippen LogP contribution in [-0.2, 0) is 16.1 Å². The standard InChI is InChI=1S/C20H20N2O3S2/c1-4-11-22-19(24)16-13(2)17(14-8-6-5-7-9-14)27-18(16)21-20(22)26-12-10-15(23)25-3/h4-9H,1,10-12H2,2-3H3. The number of benzene rings is 1. The van der Waals surface area contributed by atoms with Gasteiger partial charge in [-0.25, -0.2) is 4.98 Å². The molecule has 3 aromatic rings. The van der Waals surface area contributed by atoms with E-state index in [0.29, 0.717) is 22.8 Å². The number of rotatable bonds is 7. The molecule has 2 heterocycles. The van der Waals surface area contributed by atoms with Crippen LogP contribution < -0.4 is 5.56 Å². The molecule has 7 heteroatoms. The lowest BCUT2D eigenvalue weighted by Crippen LogP contribution is -2.22. The van der Waals surface area contributed by atoms with Gasteiger partial charge in [-0.1, -0.05) is 48.2 Å². The smallest absolute Gasteiger partial charge is 0.306 e. The van der Waals surface area contributed by atoms with Crippen LogP contribution in [0.2, 0.25) is 0 Å². The van der Waals surface area contributed by atoms with Crippen LogP contribution in [0.1, 0.15) is 12.0 Å². The van der Waals surface area contributed by atoms with Crippen molar-refractivity contribution in [2.24, 2.45) is 0 Å². The summed E-state index contributed by atoms with van der Waals surface area (Å²) in [6.07, 6.45) is 1.95. The highest BCUT2D eigenvalue weighted by atomic mass is 32.2. The number of hydrogen-bond donors (Lipinski definition) is 0. The highest BCUT2D eigenvalue weighted by molar-refractivity contribution is 7.99. The van der Waals surface area contributed by atoms with Crippen LogP contribution >= 0.6 is 23.1 Å². The Hall–Kier alpha value is -2.38. The fraction of sp³-hybridized carbons (Fsp3) is 0.250. The molecule has 0 N–H and O–H groups in total. The van der Waals surface area contributed by atoms with Crippen LogP contribution in [0.4, 0.5) is 0 Å². The molecule has 0 saturated heterocycles. The zero-order chi connectivity index (χ0) is 19.4. The number of nitrogens with zero attached hydrogens (tertiary/aromatic N) is 2. The lowest BCUT2D eigenvalue weighted by Gasteiger charge is -2.10. The lowest BCUT2D eigenvalue weighted by molar-refractivity contribution is -0.140. The van der Waals surface area contributed by atoms with Crippen molar-refractivity contribution >= 4 is 39.3 Å². The Morgan fingerprint density at radius 1 is 1.37 bits per heavy atom. The van der Waals surface area contributed by atoms with Crippen molar-refractivity contribution in [2.75, 3.05) is 12.9 Å². The third kappa shape index (κ3) is 3.99. The Balaban J connectivity index is 2.08. The van der Waals surface area contributed by atoms with E-state index in [9.17, 15) is 9.59 Å². The first kappa shape index (κ1) is 19.4. The van der Waals surface area contributed by atoms with Crippen molar-refractivity contribution in [3.8, 4) is 10.4 Å². The molecule has 3 rings (SSSR count). The van der Waals surface area contributed by atoms with Gasteiger partial charge >= 0.3 is 5.97 Å². The van der Waals surface area contributed by atoms with Gasteiger partial charge in [0.05, 0.1) is 18.9 Å². The van der Waals surface area contributed by atoms with E-state index < -0.39 is 0 Å². The van der Waals surface area contributed by atoms with E-state index in [4.69, 9.17) is 4.98 Å². The molecule has 0 fully saturated rings. The van der Waals surface area contributed by atoms with Crippen LogP contribution in [-0.4, -0.2) is 28.4 Å². The first-order valence-electron chi connectivity index (χ1n) is 8.46. The molecule has 0 bridgehead atoms. The van der Waals surface area contributed by atoms with Crippen molar-refractivity contribution in [1.82, 2.24) is 9.55 Å². The number of fused-ring (bicyclic) bond motifs is 1. The van der Waals surface area contributed by atoms with Crippen molar-refractivity contribution in [2.45, 2.75) is 25.0 Å². The summed E-state index contributed by atoms with van der Waals surface area (Å²) in [6, 6.07) is 10.0. The number of esters is 1. The maximum absolute atomic E-state index is 13.1. The minimum Gasteiger partial charge on any atom is -0.469 e. The molecule has 2 aromatic heterocycles. The predicted octanol–water partition coefficient (Wildman–Crippen LogP) is 4.27. The summed E-state index contributed by atoms with van der Waals surface area (Å²) in [5, 5.41) is 1.25. The summed E-state index contributed by atoms with van der Waals surface area (Å²) in [5.74, 6) is 0.219. The molecule has 0 aliphatic heterocycles. The van der Waals surface area contributed by atoms with Crippen LogP contribution in [0, 0.1) is 6.92 Å². The Morgan fingerprint density at radius 2 is 2.11 bits per heavy atom. The molecule has 140 valence electrons. The fourth-order valence-electron chi connectivity index (χ4n) is 2.79. The van der Waals surface area contributed by atoms with Crippen molar-refractivity contribution < 1.29 is 9.53 Å². The fourth-order valence-corrected chi connectivity index (χ4v) is 4.95. The number of methoxy groups -OCH3 is 1. The molecule has 0 amide bonds. The maximum Gasteiger partial charge on any atom is 0.306 e. The molecule has 0 radical (unpaired) electrons. The second-order valence-electron chi connectivity index (χ2n) is 5.88. The molecule has 0 unspecified atom stereocenters. The highest BCUT2D eigenvalue weighted by Crippen LogP contribution is 2.36. The summed E-state index contributed by atoms with van der Waals surface area (Å²) in [6.45, 7) is 6.09. The third-order valence-electron chi connectivity index (χ3n) is 4.13. The van der Waals surface area contributed by atoms with E-state index in [-0.39, 0.29) is 17.9 Å². The molecule has 0 aliphatic rings. The van der Waals surface area contributed by atoms with Gasteiger partial charge in [-0.2, -0.15) is 0 Å². The Bertz CT molecular complexity index is 1040. The van der Waals surface area contributed by atoms with Gasteiger partial charge in [0.15, 0.2) is 5.16 Å². The third-order valence-corrected chi connectivity index (χ3v) is 6.34. The van der Waals surface area contributed by atoms with Gasteiger partial charge in [0.2, 0.25) is 0 Å². The number of aromatic nitrogens is 2. The SMILES string of the molecule is C=CCn1c(SCCC(=O)OC)nc2sc(-c3ccccc3)c(C)c2c1=O. The molecule has 0 aliphatic carbocycles. The van der Waals surface area contributed by atoms with Gasteiger partial charge in [-0.15, -0.1) is 17.9 Å². The summed E-state index contributed by atoms with van der Waals surface area (Å²) in [5.41, 5.74) is 1.95. The number of carbonyl (C=O) groups excluding carboxylic acids is 1. The van der Waals surface area contributed by atoms with E-state index in [1.807, 2.05) is 37.3 Å². The minimum atomic E-state index is -0.278. The Morgan fingerprint density at radius 3 is 2.78 bits per heavy atom. The van der Waals surface area contributed by atoms with E-state index in [1.165, 1.54) is 30.2 Å². The summed E-state index contributed by atoms with van der Waals surface area (Å²) in [7, 11) is 1.37. The number of hydrogen-bond acceptors (Lipinski definition) is 6. The number of carbonyl (C=O) groups is 1. The molecule has 0 atom stereocenters. The molecular formula is C20H20N2O3S2. The zero-order valence-corrected chi connectivity index (χ0v) is 16.9. The predicted molar refractivity (Wildman–Crippen MR) is 112 cm³/mol. The van der Waals surface area contributed by atoms with Gasteiger partial charge in [0, 0.05) is 17.2 Å². The van der Waals surface area contributed by atoms with E-state index in [2.05, 4.69) is 11.3 Å². The second-order valence-corrected chi connectivity index (χ2v) is 7.94. The normalized spacial score (nSPS) is 10.9. The maximum atomic E-state index is 13.1. The first-order valence-corrected chi connectivity index (χ1v) is 10.3. The lowest BCUT2D eigenvalue weighted by atomic mass is 10.1. The average molecular weight is 401 g/mol. The summed E-state index contributed by atoms with van der Waals surface area (Å²) in [4.78, 5) is 31.0. The van der Waals surface area contributed by atoms with Crippen molar-refractivity contribution in [1.29, 1.82) is 0 Å². The second kappa shape index (κ2) is 8.54. The molecular weight excluding hydrogens is 380 g/mol. The molecule has 0 saturated carbocycles. The van der Waals surface area contributed by atoms with Gasteiger partial charge in [0.1, 0.15) is 4.83 Å². The van der Waals surface area contributed by atoms with Crippen molar-refractivity contribution in [3.63, 3.8) is 0 Å². The topological polar surface area (TPSA) is 61.2 Å². The van der Waals surface area contributed by atoms with Crippen LogP contribution in [0.25, 0.3) is 20.7 Å². The summed E-state index contributed by atoms with van der Waals surface area (Å²) < 4.78 is 6.29. The van der Waals surface area contributed by atoms with Gasteiger partial charge in [-0.05, 0) is 18.1 Å². The number of aryl methyl sites for hydroxylation is 1. The van der Waals surface area contributed by atoms with Crippen LogP contribution in [0.15, 0.2) is 52.9 Å². The molecule has 27 heavy (non-hydrogen) atoms. The monoisotopic (exact) mass is 400 g/mol. The number of ether oxygens (including phenoxy) is 1. The molecule has 0 spiro atoms. The quantitative estimate of drug-likeness (QED) is 0.256. The average Bonchev–Trinajstić information content (AvgIpc) is 3.01. The summed E-state index contributed by atoms with van der Waals surface area (Å²) >= 11 is 2.90. The minimum absolute atomic E-state index is 0.0728. The van der Waals surface area contributed by atoms with Crippen LogP contribution in [0.3, 0.4) is 0 Å². The van der Waals surface area contributed by atoms with Crippen molar-refractivity contribution in [3.05, 3.63) is 58.9 Å². The number of thioether (sulfide) groups is 1. The Labute approximate surface area is 165 Å². The van der Waals surface area contributed by atoms with E-state index >= 15 is 0 Å². The van der Waals surface area contributed by atoms with E-state index in [1.54, 1.807) is 10.6 Å². The van der Waals surface area contributed by atoms with Crippen LogP contribution in [0.5, 0.6) is 0 Å². The Kier molecular flexibility index (Phi) is 6.13. The van der Waals surface area contributed by atoms with Gasteiger partial charge in [-0.3, -0.25) is 14.2 Å².